The number of hydrogen-bond donors (Lipinski definition) is 1. The monoisotopic (exact) mass is 296 g/mol. The van der Waals surface area contributed by atoms with Crippen molar-refractivity contribution in [1.82, 2.24) is 10.3 Å². The van der Waals surface area contributed by atoms with E-state index in [1.165, 1.54) is 19.3 Å². The molecule has 1 heterocycles. The van der Waals surface area contributed by atoms with E-state index in [1.54, 1.807) is 11.3 Å². The van der Waals surface area contributed by atoms with Gasteiger partial charge in [-0.25, -0.2) is 4.98 Å². The first-order valence-electron chi connectivity index (χ1n) is 7.83. The lowest BCUT2D eigenvalue weighted by Gasteiger charge is -2.31. The molecule has 0 radical (unpaired) electrons. The molecule has 1 aromatic rings. The second-order valence-corrected chi connectivity index (χ2v) is 7.41. The van der Waals surface area contributed by atoms with E-state index in [2.05, 4.69) is 43.4 Å². The fourth-order valence-corrected chi connectivity index (χ4v) is 3.37. The highest BCUT2D eigenvalue weighted by molar-refractivity contribution is 7.09. The Kier molecular flexibility index (Phi) is 6.00. The molecule has 20 heavy (non-hydrogen) atoms. The third-order valence-corrected chi connectivity index (χ3v) is 5.18. The molecule has 0 saturated heterocycles. The lowest BCUT2D eigenvalue weighted by atomic mass is 9.80. The van der Waals surface area contributed by atoms with Crippen molar-refractivity contribution in [2.75, 3.05) is 0 Å². The fraction of sp³-hybridized carbons (Fsp3) is 0.812. The van der Waals surface area contributed by atoms with E-state index < -0.39 is 0 Å². The topological polar surface area (TPSA) is 34.2 Å². The van der Waals surface area contributed by atoms with Gasteiger partial charge < -0.3 is 10.1 Å². The molecule has 0 aromatic carbocycles. The second kappa shape index (κ2) is 7.53. The zero-order valence-electron chi connectivity index (χ0n) is 13.2. The Balaban J connectivity index is 1.74. The van der Waals surface area contributed by atoms with Gasteiger partial charge in [0.1, 0.15) is 5.01 Å². The van der Waals surface area contributed by atoms with E-state index in [4.69, 9.17) is 4.74 Å². The number of rotatable bonds is 6. The van der Waals surface area contributed by atoms with Gasteiger partial charge in [-0.05, 0) is 31.1 Å². The maximum Gasteiger partial charge on any atom is 0.107 e. The molecule has 3 atom stereocenters. The van der Waals surface area contributed by atoms with Crippen LogP contribution in [0.2, 0.25) is 0 Å². The van der Waals surface area contributed by atoms with Crippen molar-refractivity contribution in [1.29, 1.82) is 0 Å². The van der Waals surface area contributed by atoms with Gasteiger partial charge >= 0.3 is 0 Å². The number of aromatic nitrogens is 1. The van der Waals surface area contributed by atoms with E-state index in [9.17, 15) is 0 Å². The zero-order valence-corrected chi connectivity index (χ0v) is 14.0. The number of ether oxygens (including phenoxy) is 1. The smallest absolute Gasteiger partial charge is 0.107 e. The predicted octanol–water partition coefficient (Wildman–Crippen LogP) is 3.98. The third-order valence-electron chi connectivity index (χ3n) is 4.28. The Hall–Kier alpha value is -0.450. The molecule has 1 saturated carbocycles. The van der Waals surface area contributed by atoms with Crippen molar-refractivity contribution in [2.24, 2.45) is 11.8 Å². The molecular weight excluding hydrogens is 268 g/mol. The zero-order chi connectivity index (χ0) is 14.5. The Morgan fingerprint density at radius 1 is 1.35 bits per heavy atom. The van der Waals surface area contributed by atoms with Crippen molar-refractivity contribution in [3.63, 3.8) is 0 Å². The summed E-state index contributed by atoms with van der Waals surface area (Å²) in [5, 5.41) is 6.68. The molecule has 2 rings (SSSR count). The van der Waals surface area contributed by atoms with E-state index in [0.717, 1.165) is 29.1 Å². The molecule has 1 aliphatic carbocycles. The highest BCUT2D eigenvalue weighted by atomic mass is 32.1. The molecule has 0 spiro atoms. The van der Waals surface area contributed by atoms with Crippen LogP contribution in [0.5, 0.6) is 0 Å². The van der Waals surface area contributed by atoms with Crippen molar-refractivity contribution in [3.05, 3.63) is 16.1 Å². The van der Waals surface area contributed by atoms with Crippen molar-refractivity contribution >= 4 is 11.3 Å². The van der Waals surface area contributed by atoms with E-state index in [1.807, 2.05) is 0 Å². The van der Waals surface area contributed by atoms with Crippen molar-refractivity contribution < 1.29 is 4.74 Å². The summed E-state index contributed by atoms with van der Waals surface area (Å²) in [6.07, 6.45) is 4.14. The molecule has 3 nitrogen and oxygen atoms in total. The van der Waals surface area contributed by atoms with E-state index in [0.29, 0.717) is 18.8 Å². The molecule has 0 amide bonds. The molecule has 4 heteroatoms. The summed E-state index contributed by atoms with van der Waals surface area (Å²) < 4.78 is 6.05. The lowest BCUT2D eigenvalue weighted by molar-refractivity contribution is -0.00861. The second-order valence-electron chi connectivity index (χ2n) is 6.47. The van der Waals surface area contributed by atoms with E-state index in [-0.39, 0.29) is 0 Å². The van der Waals surface area contributed by atoms with Gasteiger partial charge in [-0.3, -0.25) is 0 Å². The van der Waals surface area contributed by atoms with Crippen LogP contribution in [0.3, 0.4) is 0 Å². The molecular formula is C16H28N2OS. The van der Waals surface area contributed by atoms with Gasteiger partial charge in [0.05, 0.1) is 18.4 Å². The molecule has 0 aliphatic heterocycles. The third kappa shape index (κ3) is 4.83. The Bertz CT molecular complexity index is 405. The van der Waals surface area contributed by atoms with Crippen LogP contribution in [-0.2, 0) is 17.9 Å². The standard InChI is InChI=1S/C16H28N2OS/c1-11(2)17-8-16-18-14(10-20-16)9-19-15-6-5-12(3)13(4)7-15/h10-13,15,17H,5-9H2,1-4H3. The minimum atomic E-state index is 0.431. The molecule has 114 valence electrons. The molecule has 1 N–H and O–H groups in total. The Morgan fingerprint density at radius 2 is 2.15 bits per heavy atom. The highest BCUT2D eigenvalue weighted by Gasteiger charge is 2.25. The Morgan fingerprint density at radius 3 is 2.85 bits per heavy atom. The number of nitrogens with zero attached hydrogens (tertiary/aromatic N) is 1. The van der Waals surface area contributed by atoms with Gasteiger partial charge in [-0.1, -0.05) is 27.7 Å². The average Bonchev–Trinajstić information content (AvgIpc) is 2.86. The normalized spacial score (nSPS) is 27.1. The first-order valence-corrected chi connectivity index (χ1v) is 8.70. The fourth-order valence-electron chi connectivity index (χ4n) is 2.64. The van der Waals surface area contributed by atoms with Gasteiger partial charge in [0.2, 0.25) is 0 Å². The Labute approximate surface area is 127 Å². The van der Waals surface area contributed by atoms with Crippen LogP contribution < -0.4 is 5.32 Å². The number of hydrogen-bond acceptors (Lipinski definition) is 4. The average molecular weight is 296 g/mol. The largest absolute Gasteiger partial charge is 0.372 e. The lowest BCUT2D eigenvalue weighted by Crippen LogP contribution is -2.26. The SMILES string of the molecule is CC(C)NCc1nc(COC2CCC(C)C(C)C2)cs1. The molecule has 1 fully saturated rings. The minimum absolute atomic E-state index is 0.431. The number of thiazole rings is 1. The van der Waals surface area contributed by atoms with Crippen LogP contribution in [0.4, 0.5) is 0 Å². The van der Waals surface area contributed by atoms with Gasteiger partial charge in [0.15, 0.2) is 0 Å². The highest BCUT2D eigenvalue weighted by Crippen LogP contribution is 2.31. The van der Waals surface area contributed by atoms with Crippen LogP contribution in [-0.4, -0.2) is 17.1 Å². The van der Waals surface area contributed by atoms with Gasteiger partial charge in [-0.2, -0.15) is 0 Å². The van der Waals surface area contributed by atoms with Crippen LogP contribution in [0, 0.1) is 11.8 Å². The van der Waals surface area contributed by atoms with Crippen LogP contribution in [0.15, 0.2) is 5.38 Å². The summed E-state index contributed by atoms with van der Waals surface area (Å²) in [6.45, 7) is 10.5. The summed E-state index contributed by atoms with van der Waals surface area (Å²) in [7, 11) is 0. The maximum absolute atomic E-state index is 6.05. The van der Waals surface area contributed by atoms with Crippen LogP contribution >= 0.6 is 11.3 Å². The van der Waals surface area contributed by atoms with Crippen LogP contribution in [0.25, 0.3) is 0 Å². The summed E-state index contributed by atoms with van der Waals surface area (Å²) >= 11 is 1.73. The van der Waals surface area contributed by atoms with E-state index >= 15 is 0 Å². The summed E-state index contributed by atoms with van der Waals surface area (Å²) in [4.78, 5) is 4.63. The maximum atomic E-state index is 6.05. The minimum Gasteiger partial charge on any atom is -0.372 e. The first-order chi connectivity index (χ1) is 9.54. The summed E-state index contributed by atoms with van der Waals surface area (Å²) in [5.41, 5.74) is 1.09. The van der Waals surface area contributed by atoms with Gasteiger partial charge in [-0.15, -0.1) is 11.3 Å². The first kappa shape index (κ1) is 15.9. The number of nitrogens with one attached hydrogen (secondary N) is 1. The summed E-state index contributed by atoms with van der Waals surface area (Å²) in [6, 6.07) is 0.504. The van der Waals surface area contributed by atoms with Gasteiger partial charge in [0, 0.05) is 18.0 Å². The van der Waals surface area contributed by atoms with Crippen molar-refractivity contribution in [2.45, 2.75) is 72.3 Å². The van der Waals surface area contributed by atoms with Gasteiger partial charge in [0.25, 0.3) is 0 Å². The quantitative estimate of drug-likeness (QED) is 0.862. The molecule has 1 aliphatic rings. The molecule has 0 bridgehead atoms. The van der Waals surface area contributed by atoms with Crippen molar-refractivity contribution in [3.8, 4) is 0 Å². The molecule has 1 aromatic heterocycles. The van der Waals surface area contributed by atoms with Crippen LogP contribution in [0.1, 0.15) is 57.7 Å². The predicted molar refractivity (Wildman–Crippen MR) is 84.8 cm³/mol. The summed E-state index contributed by atoms with van der Waals surface area (Å²) in [5.74, 6) is 1.64. The molecule has 3 unspecified atom stereocenters.